The third-order valence-corrected chi connectivity index (χ3v) is 4.21. The molecule has 0 saturated carbocycles. The van der Waals surface area contributed by atoms with Crippen molar-refractivity contribution in [1.82, 2.24) is 15.5 Å². The fourth-order valence-corrected chi connectivity index (χ4v) is 2.87. The number of nitrogens with one attached hydrogen (secondary N) is 2. The first-order valence-corrected chi connectivity index (χ1v) is 7.95. The molecule has 7 heteroatoms. The number of amidine groups is 1. The van der Waals surface area contributed by atoms with Crippen LogP contribution in [0.2, 0.25) is 5.02 Å². The molecule has 24 heavy (non-hydrogen) atoms. The first-order valence-electron chi connectivity index (χ1n) is 7.57. The number of benzene rings is 1. The monoisotopic (exact) mass is 388 g/mol. The van der Waals surface area contributed by atoms with Crippen LogP contribution in [0.4, 0.5) is 0 Å². The van der Waals surface area contributed by atoms with E-state index in [1.165, 1.54) is 0 Å². The van der Waals surface area contributed by atoms with E-state index in [1.807, 2.05) is 37.4 Å². The number of aliphatic imine (C=N–C) groups is 1. The molecule has 4 nitrogen and oxygen atoms in total. The third kappa shape index (κ3) is 4.98. The molecule has 1 atom stereocenters. The predicted octanol–water partition coefficient (Wildman–Crippen LogP) is 3.68. The van der Waals surface area contributed by atoms with E-state index in [0.29, 0.717) is 0 Å². The molecule has 2 aliphatic heterocycles. The Kier molecular flexibility index (Phi) is 8.27. The molecular formula is C17H23Cl3N4. The summed E-state index contributed by atoms with van der Waals surface area (Å²) in [6.45, 7) is 4.81. The smallest absolute Gasteiger partial charge is 0.159 e. The van der Waals surface area contributed by atoms with Gasteiger partial charge < -0.3 is 5.32 Å². The minimum Gasteiger partial charge on any atom is -0.351 e. The Morgan fingerprint density at radius 2 is 2.00 bits per heavy atom. The van der Waals surface area contributed by atoms with Gasteiger partial charge >= 0.3 is 0 Å². The summed E-state index contributed by atoms with van der Waals surface area (Å²) in [7, 11) is 0. The van der Waals surface area contributed by atoms with Crippen LogP contribution in [-0.2, 0) is 5.66 Å². The molecule has 0 saturated heterocycles. The van der Waals surface area contributed by atoms with E-state index in [2.05, 4.69) is 33.8 Å². The molecule has 0 aliphatic carbocycles. The standard InChI is InChI=1S/C17H21ClN4.2ClH/c1-14-19-10-9-17(21-14,15-5-7-16(18)8-6-15)20-13-22-11-3-2-4-12-22;;/h2-3,5-10,20H,4,11-13H2,1H3,(H,19,21);2*1H. The highest BCUT2D eigenvalue weighted by Crippen LogP contribution is 2.28. The number of nitrogens with zero attached hydrogens (tertiary/aromatic N) is 2. The summed E-state index contributed by atoms with van der Waals surface area (Å²) in [6, 6.07) is 7.87. The van der Waals surface area contributed by atoms with E-state index in [1.54, 1.807) is 0 Å². The number of hydrogen-bond donors (Lipinski definition) is 2. The van der Waals surface area contributed by atoms with Crippen molar-refractivity contribution in [3.8, 4) is 0 Å². The Labute approximate surface area is 160 Å². The topological polar surface area (TPSA) is 39.7 Å². The molecule has 0 amide bonds. The second-order valence-electron chi connectivity index (χ2n) is 5.62. The van der Waals surface area contributed by atoms with Crippen molar-refractivity contribution >= 4 is 42.3 Å². The first-order chi connectivity index (χ1) is 10.7. The van der Waals surface area contributed by atoms with Gasteiger partial charge in [0.25, 0.3) is 0 Å². The molecule has 2 heterocycles. The second kappa shape index (κ2) is 9.44. The summed E-state index contributed by atoms with van der Waals surface area (Å²) >= 11 is 6.02. The van der Waals surface area contributed by atoms with Crippen molar-refractivity contribution in [2.45, 2.75) is 19.0 Å². The van der Waals surface area contributed by atoms with Crippen LogP contribution in [0.1, 0.15) is 18.9 Å². The SMILES string of the molecule is CC1=NC(NCN2CC=CCC2)(c2ccc(Cl)cc2)C=CN1.Cl.Cl. The minimum atomic E-state index is -0.541. The Morgan fingerprint density at radius 1 is 1.25 bits per heavy atom. The molecule has 0 aromatic heterocycles. The van der Waals surface area contributed by atoms with Gasteiger partial charge in [0, 0.05) is 24.3 Å². The molecule has 0 fully saturated rings. The maximum Gasteiger partial charge on any atom is 0.159 e. The second-order valence-corrected chi connectivity index (χ2v) is 6.06. The van der Waals surface area contributed by atoms with Crippen LogP contribution < -0.4 is 10.6 Å². The number of halogens is 3. The summed E-state index contributed by atoms with van der Waals surface area (Å²) in [5, 5.41) is 7.47. The van der Waals surface area contributed by atoms with Gasteiger partial charge in [0.05, 0.1) is 6.67 Å². The minimum absolute atomic E-state index is 0. The van der Waals surface area contributed by atoms with E-state index in [9.17, 15) is 0 Å². The average molecular weight is 390 g/mol. The van der Waals surface area contributed by atoms with Gasteiger partial charge in [-0.15, -0.1) is 24.8 Å². The van der Waals surface area contributed by atoms with Crippen molar-refractivity contribution in [3.05, 3.63) is 59.3 Å². The zero-order valence-corrected chi connectivity index (χ0v) is 15.9. The van der Waals surface area contributed by atoms with Crippen LogP contribution in [0.3, 0.4) is 0 Å². The molecule has 1 unspecified atom stereocenters. The quantitative estimate of drug-likeness (QED) is 0.772. The molecule has 2 aliphatic rings. The molecular weight excluding hydrogens is 367 g/mol. The fraction of sp³-hybridized carbons (Fsp3) is 0.353. The van der Waals surface area contributed by atoms with Crippen molar-refractivity contribution in [3.63, 3.8) is 0 Å². The van der Waals surface area contributed by atoms with Gasteiger partial charge in [-0.3, -0.25) is 10.2 Å². The van der Waals surface area contributed by atoms with Crippen LogP contribution in [0.15, 0.2) is 53.7 Å². The average Bonchev–Trinajstić information content (AvgIpc) is 2.55. The lowest BCUT2D eigenvalue weighted by atomic mass is 9.99. The van der Waals surface area contributed by atoms with Crippen LogP contribution in [0.5, 0.6) is 0 Å². The zero-order valence-electron chi connectivity index (χ0n) is 13.5. The molecule has 1 aromatic carbocycles. The molecule has 0 spiro atoms. The van der Waals surface area contributed by atoms with Crippen molar-refractivity contribution in [2.75, 3.05) is 19.8 Å². The molecule has 3 rings (SSSR count). The largest absolute Gasteiger partial charge is 0.351 e. The normalized spacial score (nSPS) is 22.8. The number of rotatable bonds is 4. The Balaban J connectivity index is 0.00000144. The van der Waals surface area contributed by atoms with Crippen molar-refractivity contribution in [1.29, 1.82) is 0 Å². The molecule has 0 bridgehead atoms. The lowest BCUT2D eigenvalue weighted by molar-refractivity contribution is 0.238. The van der Waals surface area contributed by atoms with Crippen LogP contribution >= 0.6 is 36.4 Å². The maximum atomic E-state index is 6.02. The Bertz CT molecular complexity index is 613. The van der Waals surface area contributed by atoms with Gasteiger partial charge in [0.1, 0.15) is 5.84 Å². The maximum absolute atomic E-state index is 6.02. The van der Waals surface area contributed by atoms with E-state index in [-0.39, 0.29) is 24.8 Å². The van der Waals surface area contributed by atoms with Crippen molar-refractivity contribution in [2.24, 2.45) is 4.99 Å². The zero-order chi connectivity index (χ0) is 15.4. The van der Waals surface area contributed by atoms with Crippen LogP contribution in [0, 0.1) is 0 Å². The van der Waals surface area contributed by atoms with Gasteiger partial charge in [-0.25, -0.2) is 4.99 Å². The lowest BCUT2D eigenvalue weighted by Gasteiger charge is -2.34. The van der Waals surface area contributed by atoms with Gasteiger partial charge in [0.15, 0.2) is 5.66 Å². The van der Waals surface area contributed by atoms with Gasteiger partial charge in [-0.2, -0.15) is 0 Å². The molecule has 132 valence electrons. The highest BCUT2D eigenvalue weighted by atomic mass is 35.5. The first kappa shape index (κ1) is 21.0. The lowest BCUT2D eigenvalue weighted by Crippen LogP contribution is -2.48. The van der Waals surface area contributed by atoms with Crippen molar-refractivity contribution < 1.29 is 0 Å². The summed E-state index contributed by atoms with van der Waals surface area (Å²) in [4.78, 5) is 7.19. The summed E-state index contributed by atoms with van der Waals surface area (Å²) in [5.41, 5.74) is 0.544. The Hall–Kier alpha value is -1.04. The molecule has 2 N–H and O–H groups in total. The predicted molar refractivity (Wildman–Crippen MR) is 106 cm³/mol. The molecule has 0 radical (unpaired) electrons. The van der Waals surface area contributed by atoms with Gasteiger partial charge in [-0.1, -0.05) is 35.9 Å². The van der Waals surface area contributed by atoms with E-state index < -0.39 is 5.66 Å². The summed E-state index contributed by atoms with van der Waals surface area (Å²) in [6.07, 6.45) is 9.56. The summed E-state index contributed by atoms with van der Waals surface area (Å²) in [5.74, 6) is 0.892. The fourth-order valence-electron chi connectivity index (χ4n) is 2.75. The van der Waals surface area contributed by atoms with E-state index >= 15 is 0 Å². The van der Waals surface area contributed by atoms with E-state index in [0.717, 1.165) is 42.6 Å². The summed E-state index contributed by atoms with van der Waals surface area (Å²) < 4.78 is 0. The Morgan fingerprint density at radius 3 is 2.62 bits per heavy atom. The van der Waals surface area contributed by atoms with Gasteiger partial charge in [0.2, 0.25) is 0 Å². The molecule has 1 aromatic rings. The highest BCUT2D eigenvalue weighted by molar-refractivity contribution is 6.30. The van der Waals surface area contributed by atoms with Gasteiger partial charge in [-0.05, 0) is 37.1 Å². The van der Waals surface area contributed by atoms with Crippen LogP contribution in [-0.4, -0.2) is 30.5 Å². The highest BCUT2D eigenvalue weighted by Gasteiger charge is 2.30. The van der Waals surface area contributed by atoms with E-state index in [4.69, 9.17) is 16.6 Å². The van der Waals surface area contributed by atoms with Crippen LogP contribution in [0.25, 0.3) is 0 Å². The number of hydrogen-bond acceptors (Lipinski definition) is 4. The third-order valence-electron chi connectivity index (χ3n) is 3.96.